The molecule has 3 rings (SSSR count). The highest BCUT2D eigenvalue weighted by Gasteiger charge is 2.17. The summed E-state index contributed by atoms with van der Waals surface area (Å²) in [5, 5.41) is 9.46. The fraction of sp³-hybridized carbons (Fsp3) is 0.150. The van der Waals surface area contributed by atoms with Crippen LogP contribution in [0.3, 0.4) is 0 Å². The number of ether oxygens (including phenoxy) is 2. The first-order valence-corrected chi connectivity index (χ1v) is 7.93. The number of aliphatic hydroxyl groups excluding tert-OH is 1. The van der Waals surface area contributed by atoms with Gasteiger partial charge in [-0.3, -0.25) is 0 Å². The summed E-state index contributed by atoms with van der Waals surface area (Å²) in [7, 11) is 1.45. The Morgan fingerprint density at radius 3 is 2.46 bits per heavy atom. The molecule has 2 aromatic carbocycles. The molecule has 0 unspecified atom stereocenters. The van der Waals surface area contributed by atoms with Gasteiger partial charge in [-0.15, -0.1) is 0 Å². The van der Waals surface area contributed by atoms with Crippen LogP contribution < -0.4 is 9.47 Å². The van der Waals surface area contributed by atoms with E-state index in [4.69, 9.17) is 9.47 Å². The summed E-state index contributed by atoms with van der Waals surface area (Å²) >= 11 is 0. The maximum atomic E-state index is 13.9. The topological polar surface area (TPSA) is 51.6 Å². The Bertz CT molecular complexity index is 901. The SMILES string of the molecule is COc1ccc(OCc2ccccc2)cc1-c1cc(F)nc(F)c1CO. The summed E-state index contributed by atoms with van der Waals surface area (Å²) in [5.41, 5.74) is 1.45. The molecule has 0 saturated carbocycles. The predicted molar refractivity (Wildman–Crippen MR) is 92.8 cm³/mol. The molecule has 1 heterocycles. The number of aliphatic hydroxyl groups is 1. The van der Waals surface area contributed by atoms with E-state index >= 15 is 0 Å². The summed E-state index contributed by atoms with van der Waals surface area (Å²) in [5.74, 6) is -1.13. The lowest BCUT2D eigenvalue weighted by molar-refractivity contribution is 0.273. The first kappa shape index (κ1) is 17.8. The lowest BCUT2D eigenvalue weighted by Crippen LogP contribution is -2.02. The van der Waals surface area contributed by atoms with Crippen molar-refractivity contribution in [2.24, 2.45) is 0 Å². The minimum Gasteiger partial charge on any atom is -0.496 e. The zero-order valence-corrected chi connectivity index (χ0v) is 14.1. The highest BCUT2D eigenvalue weighted by Crippen LogP contribution is 2.36. The Morgan fingerprint density at radius 1 is 1.00 bits per heavy atom. The predicted octanol–water partition coefficient (Wildman–Crippen LogP) is 4.11. The first-order valence-electron chi connectivity index (χ1n) is 7.93. The monoisotopic (exact) mass is 357 g/mol. The molecule has 0 fully saturated rings. The van der Waals surface area contributed by atoms with Gasteiger partial charge in [0.1, 0.15) is 18.1 Å². The molecule has 4 nitrogen and oxygen atoms in total. The largest absolute Gasteiger partial charge is 0.496 e. The second-order valence-electron chi connectivity index (χ2n) is 5.56. The van der Waals surface area contributed by atoms with Crippen molar-refractivity contribution in [3.63, 3.8) is 0 Å². The van der Waals surface area contributed by atoms with Crippen molar-refractivity contribution in [3.8, 4) is 22.6 Å². The molecular weight excluding hydrogens is 340 g/mol. The van der Waals surface area contributed by atoms with Crippen LogP contribution in [0.25, 0.3) is 11.1 Å². The molecule has 0 amide bonds. The summed E-state index contributed by atoms with van der Waals surface area (Å²) in [6.07, 6.45) is 0. The molecule has 134 valence electrons. The lowest BCUT2D eigenvalue weighted by atomic mass is 10.0. The molecule has 1 N–H and O–H groups in total. The standard InChI is InChI=1S/C20H17F2NO3/c1-25-18-8-7-14(26-12-13-5-3-2-4-6-13)9-16(18)15-10-19(21)23-20(22)17(15)11-24/h2-10,24H,11-12H2,1H3. The van der Waals surface area contributed by atoms with Gasteiger partial charge in [-0.05, 0) is 23.8 Å². The Balaban J connectivity index is 1.99. The van der Waals surface area contributed by atoms with Gasteiger partial charge in [0.05, 0.1) is 13.7 Å². The van der Waals surface area contributed by atoms with Gasteiger partial charge in [0, 0.05) is 22.8 Å². The molecule has 6 heteroatoms. The fourth-order valence-electron chi connectivity index (χ4n) is 2.63. The van der Waals surface area contributed by atoms with Gasteiger partial charge in [0.25, 0.3) is 0 Å². The van der Waals surface area contributed by atoms with Crippen LogP contribution >= 0.6 is 0 Å². The Hall–Kier alpha value is -2.99. The van der Waals surface area contributed by atoms with Crippen LogP contribution in [0.2, 0.25) is 0 Å². The highest BCUT2D eigenvalue weighted by molar-refractivity contribution is 5.74. The zero-order chi connectivity index (χ0) is 18.5. The van der Waals surface area contributed by atoms with Gasteiger partial charge in [0.15, 0.2) is 0 Å². The van der Waals surface area contributed by atoms with Crippen molar-refractivity contribution < 1.29 is 23.4 Å². The maximum absolute atomic E-state index is 13.9. The van der Waals surface area contributed by atoms with E-state index in [-0.39, 0.29) is 11.1 Å². The van der Waals surface area contributed by atoms with E-state index < -0.39 is 18.5 Å². The Morgan fingerprint density at radius 2 is 1.77 bits per heavy atom. The van der Waals surface area contributed by atoms with Crippen molar-refractivity contribution in [1.29, 1.82) is 0 Å². The number of hydrogen-bond acceptors (Lipinski definition) is 4. The van der Waals surface area contributed by atoms with Gasteiger partial charge >= 0.3 is 0 Å². The molecule has 26 heavy (non-hydrogen) atoms. The van der Waals surface area contributed by atoms with E-state index in [1.54, 1.807) is 18.2 Å². The third-order valence-electron chi connectivity index (χ3n) is 3.91. The highest BCUT2D eigenvalue weighted by atomic mass is 19.1. The first-order chi connectivity index (χ1) is 12.6. The van der Waals surface area contributed by atoms with Crippen LogP contribution in [-0.2, 0) is 13.2 Å². The van der Waals surface area contributed by atoms with Crippen molar-refractivity contribution in [2.45, 2.75) is 13.2 Å². The molecule has 0 radical (unpaired) electrons. The Labute approximate surface area is 149 Å². The quantitative estimate of drug-likeness (QED) is 0.675. The van der Waals surface area contributed by atoms with Crippen LogP contribution in [0.15, 0.2) is 54.6 Å². The van der Waals surface area contributed by atoms with Crippen LogP contribution in [0, 0.1) is 11.9 Å². The smallest absolute Gasteiger partial charge is 0.221 e. The molecule has 0 atom stereocenters. The lowest BCUT2D eigenvalue weighted by Gasteiger charge is -2.15. The van der Waals surface area contributed by atoms with Crippen molar-refractivity contribution in [3.05, 3.63) is 77.6 Å². The van der Waals surface area contributed by atoms with Gasteiger partial charge in [-0.25, -0.2) is 0 Å². The second kappa shape index (κ2) is 7.93. The molecule has 0 saturated heterocycles. The number of methoxy groups -OCH3 is 1. The average molecular weight is 357 g/mol. The van der Waals surface area contributed by atoms with E-state index in [1.165, 1.54) is 7.11 Å². The summed E-state index contributed by atoms with van der Waals surface area (Å²) in [6.45, 7) is -0.273. The van der Waals surface area contributed by atoms with E-state index in [9.17, 15) is 13.9 Å². The average Bonchev–Trinajstić information content (AvgIpc) is 2.66. The molecule has 0 aliphatic heterocycles. The molecular formula is C20H17F2NO3. The summed E-state index contributed by atoms with van der Waals surface area (Å²) < 4.78 is 38.6. The maximum Gasteiger partial charge on any atom is 0.221 e. The van der Waals surface area contributed by atoms with Crippen LogP contribution in [-0.4, -0.2) is 17.2 Å². The number of benzene rings is 2. The van der Waals surface area contributed by atoms with Crippen LogP contribution in [0.1, 0.15) is 11.1 Å². The number of nitrogens with zero attached hydrogens (tertiary/aromatic N) is 1. The van der Waals surface area contributed by atoms with Gasteiger partial charge < -0.3 is 14.6 Å². The molecule has 0 spiro atoms. The number of hydrogen-bond donors (Lipinski definition) is 1. The van der Waals surface area contributed by atoms with E-state index in [0.29, 0.717) is 23.7 Å². The van der Waals surface area contributed by atoms with Crippen molar-refractivity contribution >= 4 is 0 Å². The fourth-order valence-corrected chi connectivity index (χ4v) is 2.63. The molecule has 1 aromatic heterocycles. The number of aromatic nitrogens is 1. The second-order valence-corrected chi connectivity index (χ2v) is 5.56. The molecule has 0 aliphatic carbocycles. The van der Waals surface area contributed by atoms with E-state index in [2.05, 4.69) is 4.98 Å². The number of pyridine rings is 1. The molecule has 0 aliphatic rings. The van der Waals surface area contributed by atoms with Gasteiger partial charge in [-0.2, -0.15) is 13.8 Å². The molecule has 3 aromatic rings. The summed E-state index contributed by atoms with van der Waals surface area (Å²) in [4.78, 5) is 3.12. The molecule has 0 bridgehead atoms. The summed E-state index contributed by atoms with van der Waals surface area (Å²) in [6, 6.07) is 15.6. The Kier molecular flexibility index (Phi) is 5.43. The van der Waals surface area contributed by atoms with Crippen LogP contribution in [0.4, 0.5) is 8.78 Å². The van der Waals surface area contributed by atoms with Gasteiger partial charge in [-0.1, -0.05) is 30.3 Å². The van der Waals surface area contributed by atoms with Crippen LogP contribution in [0.5, 0.6) is 11.5 Å². The normalized spacial score (nSPS) is 10.6. The third kappa shape index (κ3) is 3.81. The van der Waals surface area contributed by atoms with E-state index in [0.717, 1.165) is 11.6 Å². The van der Waals surface area contributed by atoms with E-state index in [1.807, 2.05) is 30.3 Å². The van der Waals surface area contributed by atoms with Crippen molar-refractivity contribution in [1.82, 2.24) is 4.98 Å². The number of halogens is 2. The van der Waals surface area contributed by atoms with Gasteiger partial charge in [0.2, 0.25) is 11.9 Å². The zero-order valence-electron chi connectivity index (χ0n) is 14.1. The number of rotatable bonds is 6. The minimum atomic E-state index is -1.06. The van der Waals surface area contributed by atoms with Crippen molar-refractivity contribution in [2.75, 3.05) is 7.11 Å². The minimum absolute atomic E-state index is 0.107. The third-order valence-corrected chi connectivity index (χ3v) is 3.91.